The molecule has 3 aromatic heterocycles. The van der Waals surface area contributed by atoms with Crippen molar-refractivity contribution in [2.75, 3.05) is 5.32 Å². The van der Waals surface area contributed by atoms with Crippen molar-refractivity contribution in [2.24, 2.45) is 0 Å². The molecule has 0 unspecified atom stereocenters. The monoisotopic (exact) mass is 331 g/mol. The maximum absolute atomic E-state index is 12.5. The molecule has 0 aliphatic carbocycles. The second-order valence-corrected chi connectivity index (χ2v) is 5.23. The van der Waals surface area contributed by atoms with Crippen LogP contribution in [-0.4, -0.2) is 35.4 Å². The Bertz CT molecular complexity index is 976. The quantitative estimate of drug-likeness (QED) is 0.618. The molecule has 122 valence electrons. The topological polar surface area (TPSA) is 90.5 Å². The molecule has 8 heteroatoms. The van der Waals surface area contributed by atoms with E-state index in [1.807, 2.05) is 12.1 Å². The van der Waals surface area contributed by atoms with Crippen molar-refractivity contribution < 1.29 is 4.79 Å². The Hall–Kier alpha value is -3.81. The lowest BCUT2D eigenvalue weighted by molar-refractivity contribution is 0.102. The molecule has 25 heavy (non-hydrogen) atoms. The number of rotatable bonds is 4. The van der Waals surface area contributed by atoms with E-state index < -0.39 is 0 Å². The number of imidazole rings is 1. The van der Waals surface area contributed by atoms with Gasteiger partial charge in [0.05, 0.1) is 30.0 Å². The highest BCUT2D eigenvalue weighted by Gasteiger charge is 2.08. The number of benzene rings is 1. The summed E-state index contributed by atoms with van der Waals surface area (Å²) in [6.07, 6.45) is 10.1. The summed E-state index contributed by atoms with van der Waals surface area (Å²) in [5.41, 5.74) is 1.89. The molecular formula is C17H13N7O. The fourth-order valence-electron chi connectivity index (χ4n) is 2.35. The van der Waals surface area contributed by atoms with Crippen LogP contribution >= 0.6 is 0 Å². The number of amides is 1. The second kappa shape index (κ2) is 6.36. The number of nitrogens with one attached hydrogen (secondary N) is 1. The van der Waals surface area contributed by atoms with Crippen molar-refractivity contribution in [2.45, 2.75) is 0 Å². The van der Waals surface area contributed by atoms with Gasteiger partial charge in [-0.1, -0.05) is 11.3 Å². The minimum absolute atomic E-state index is 0.223. The second-order valence-electron chi connectivity index (χ2n) is 5.23. The van der Waals surface area contributed by atoms with Gasteiger partial charge in [-0.2, -0.15) is 0 Å². The molecule has 0 radical (unpaired) electrons. The third-order valence-electron chi connectivity index (χ3n) is 3.57. The van der Waals surface area contributed by atoms with E-state index >= 15 is 0 Å². The van der Waals surface area contributed by atoms with Crippen molar-refractivity contribution >= 4 is 11.6 Å². The van der Waals surface area contributed by atoms with E-state index in [2.05, 4.69) is 25.6 Å². The molecule has 1 N–H and O–H groups in total. The van der Waals surface area contributed by atoms with Gasteiger partial charge in [0.15, 0.2) is 0 Å². The van der Waals surface area contributed by atoms with Gasteiger partial charge < -0.3 is 5.32 Å². The first kappa shape index (κ1) is 14.8. The lowest BCUT2D eigenvalue weighted by atomic mass is 10.2. The first-order chi connectivity index (χ1) is 12.3. The molecule has 0 bridgehead atoms. The Morgan fingerprint density at radius 1 is 1.08 bits per heavy atom. The number of anilines is 1. The molecule has 4 aromatic rings. The van der Waals surface area contributed by atoms with Gasteiger partial charge in [0.2, 0.25) is 0 Å². The summed E-state index contributed by atoms with van der Waals surface area (Å²) in [6.45, 7) is 0. The average Bonchev–Trinajstić information content (AvgIpc) is 3.36. The molecule has 1 aromatic carbocycles. The van der Waals surface area contributed by atoms with E-state index in [1.54, 1.807) is 70.8 Å². The lowest BCUT2D eigenvalue weighted by Crippen LogP contribution is -2.12. The Morgan fingerprint density at radius 2 is 2.04 bits per heavy atom. The number of carbonyl (C=O) groups excluding carboxylic acids is 1. The number of hydrogen-bond donors (Lipinski definition) is 1. The summed E-state index contributed by atoms with van der Waals surface area (Å²) in [6, 6.07) is 10.7. The van der Waals surface area contributed by atoms with Crippen LogP contribution in [0.25, 0.3) is 11.5 Å². The van der Waals surface area contributed by atoms with E-state index in [9.17, 15) is 4.79 Å². The molecule has 0 saturated heterocycles. The maximum Gasteiger partial charge on any atom is 0.255 e. The van der Waals surface area contributed by atoms with Gasteiger partial charge in [0.25, 0.3) is 5.91 Å². The normalized spacial score (nSPS) is 10.6. The number of hydrogen-bond acceptors (Lipinski definition) is 5. The van der Waals surface area contributed by atoms with Crippen LogP contribution in [0.5, 0.6) is 0 Å². The summed E-state index contributed by atoms with van der Waals surface area (Å²) in [5, 5.41) is 10.5. The zero-order valence-corrected chi connectivity index (χ0v) is 13.0. The number of pyridine rings is 1. The molecule has 0 aliphatic rings. The number of nitrogens with zero attached hydrogens (tertiary/aromatic N) is 6. The highest BCUT2D eigenvalue weighted by atomic mass is 16.1. The van der Waals surface area contributed by atoms with Crippen LogP contribution in [0.4, 0.5) is 5.69 Å². The molecule has 0 fully saturated rings. The highest BCUT2D eigenvalue weighted by Crippen LogP contribution is 2.13. The lowest BCUT2D eigenvalue weighted by Gasteiger charge is -2.08. The van der Waals surface area contributed by atoms with Crippen LogP contribution < -0.4 is 5.32 Å². The first-order valence-corrected chi connectivity index (χ1v) is 7.52. The molecule has 0 spiro atoms. The van der Waals surface area contributed by atoms with E-state index in [0.717, 1.165) is 11.5 Å². The van der Waals surface area contributed by atoms with Gasteiger partial charge in [0, 0.05) is 18.0 Å². The van der Waals surface area contributed by atoms with Crippen molar-refractivity contribution in [3.05, 3.63) is 79.3 Å². The van der Waals surface area contributed by atoms with Crippen LogP contribution in [0.2, 0.25) is 0 Å². The fraction of sp³-hybridized carbons (Fsp3) is 0. The SMILES string of the molecule is O=C(Nc1ccc(-n2ccnc2)nc1)c1cccc(-n2ccnn2)c1. The zero-order valence-electron chi connectivity index (χ0n) is 13.0. The van der Waals surface area contributed by atoms with E-state index in [4.69, 9.17) is 0 Å². The van der Waals surface area contributed by atoms with Crippen LogP contribution in [0.3, 0.4) is 0 Å². The van der Waals surface area contributed by atoms with E-state index in [1.165, 1.54) is 0 Å². The van der Waals surface area contributed by atoms with E-state index in [-0.39, 0.29) is 5.91 Å². The van der Waals surface area contributed by atoms with Gasteiger partial charge in [-0.25, -0.2) is 14.6 Å². The molecule has 1 amide bonds. The van der Waals surface area contributed by atoms with Crippen LogP contribution in [0.15, 0.2) is 73.7 Å². The van der Waals surface area contributed by atoms with Crippen molar-refractivity contribution in [1.29, 1.82) is 0 Å². The minimum atomic E-state index is -0.223. The largest absolute Gasteiger partial charge is 0.321 e. The summed E-state index contributed by atoms with van der Waals surface area (Å²) < 4.78 is 3.38. The molecule has 0 saturated carbocycles. The van der Waals surface area contributed by atoms with Crippen LogP contribution in [0.1, 0.15) is 10.4 Å². The Labute approximate surface area is 142 Å². The minimum Gasteiger partial charge on any atom is -0.321 e. The maximum atomic E-state index is 12.5. The molecule has 8 nitrogen and oxygen atoms in total. The smallest absolute Gasteiger partial charge is 0.255 e. The number of carbonyl (C=O) groups is 1. The van der Waals surface area contributed by atoms with Crippen molar-refractivity contribution in [1.82, 2.24) is 29.5 Å². The summed E-state index contributed by atoms with van der Waals surface area (Å²) in [4.78, 5) is 20.7. The van der Waals surface area contributed by atoms with Crippen LogP contribution in [-0.2, 0) is 0 Å². The Balaban J connectivity index is 1.51. The van der Waals surface area contributed by atoms with Crippen LogP contribution in [0, 0.1) is 0 Å². The molecule has 3 heterocycles. The average molecular weight is 331 g/mol. The fourth-order valence-corrected chi connectivity index (χ4v) is 2.35. The molecule has 0 atom stereocenters. The number of aromatic nitrogens is 6. The molecule has 4 rings (SSSR count). The van der Waals surface area contributed by atoms with Crippen molar-refractivity contribution in [3.63, 3.8) is 0 Å². The summed E-state index contributed by atoms with van der Waals surface area (Å²) >= 11 is 0. The summed E-state index contributed by atoms with van der Waals surface area (Å²) in [5.74, 6) is 0.503. The standard InChI is InChI=1S/C17H13N7O/c25-17(13-2-1-3-15(10-13)24-9-7-20-22-24)21-14-4-5-16(19-11-14)23-8-6-18-12-23/h1-12H,(H,21,25). The predicted octanol–water partition coefficient (Wildman–Crippen LogP) is 2.10. The third kappa shape index (κ3) is 3.13. The highest BCUT2D eigenvalue weighted by molar-refractivity contribution is 6.04. The molecule has 0 aliphatic heterocycles. The first-order valence-electron chi connectivity index (χ1n) is 7.52. The molecular weight excluding hydrogens is 318 g/mol. The predicted molar refractivity (Wildman–Crippen MR) is 90.7 cm³/mol. The van der Waals surface area contributed by atoms with E-state index in [0.29, 0.717) is 11.3 Å². The van der Waals surface area contributed by atoms with Gasteiger partial charge in [-0.3, -0.25) is 9.36 Å². The van der Waals surface area contributed by atoms with Crippen molar-refractivity contribution in [3.8, 4) is 11.5 Å². The summed E-state index contributed by atoms with van der Waals surface area (Å²) in [7, 11) is 0. The van der Waals surface area contributed by atoms with Gasteiger partial charge in [-0.15, -0.1) is 5.10 Å². The van der Waals surface area contributed by atoms with Gasteiger partial charge in [0.1, 0.15) is 12.1 Å². The zero-order chi connectivity index (χ0) is 17.1. The Kier molecular flexibility index (Phi) is 3.76. The Morgan fingerprint density at radius 3 is 2.76 bits per heavy atom. The third-order valence-corrected chi connectivity index (χ3v) is 3.57. The van der Waals surface area contributed by atoms with Gasteiger partial charge >= 0.3 is 0 Å². The van der Waals surface area contributed by atoms with Gasteiger partial charge in [-0.05, 0) is 30.3 Å².